The second-order valence-corrected chi connectivity index (χ2v) is 5.50. The van der Waals surface area contributed by atoms with E-state index in [1.165, 1.54) is 10.9 Å². The van der Waals surface area contributed by atoms with Crippen LogP contribution < -0.4 is 5.32 Å². The van der Waals surface area contributed by atoms with E-state index in [0.717, 1.165) is 23.4 Å². The Kier molecular flexibility index (Phi) is 4.50. The highest BCUT2D eigenvalue weighted by Gasteiger charge is 2.09. The highest BCUT2D eigenvalue weighted by molar-refractivity contribution is 7.15. The van der Waals surface area contributed by atoms with Gasteiger partial charge in [0.1, 0.15) is 5.82 Å². The molecule has 0 bridgehead atoms. The molecule has 1 nitrogen and oxygen atoms in total. The molecule has 0 saturated carbocycles. The second-order valence-electron chi connectivity index (χ2n) is 4.39. The van der Waals surface area contributed by atoms with Crippen molar-refractivity contribution in [2.24, 2.45) is 0 Å². The zero-order chi connectivity index (χ0) is 13.0. The number of benzene rings is 1. The normalized spacial score (nSPS) is 12.6. The smallest absolute Gasteiger partial charge is 0.123 e. The zero-order valence-electron chi connectivity index (χ0n) is 10.7. The summed E-state index contributed by atoms with van der Waals surface area (Å²) < 4.78 is 13.2. The summed E-state index contributed by atoms with van der Waals surface area (Å²) in [6, 6.07) is 11.3. The maximum absolute atomic E-state index is 13.2. The Morgan fingerprint density at radius 3 is 2.83 bits per heavy atom. The second kappa shape index (κ2) is 6.12. The first kappa shape index (κ1) is 13.2. The van der Waals surface area contributed by atoms with E-state index in [4.69, 9.17) is 0 Å². The van der Waals surface area contributed by atoms with Gasteiger partial charge in [0.2, 0.25) is 0 Å². The third-order valence-corrected chi connectivity index (χ3v) is 4.18. The average Bonchev–Trinajstić information content (AvgIpc) is 2.85. The lowest BCUT2D eigenvalue weighted by molar-refractivity contribution is 0.578. The zero-order valence-corrected chi connectivity index (χ0v) is 11.6. The molecule has 0 radical (unpaired) electrons. The number of thiophene rings is 1. The Bertz CT molecular complexity index is 507. The summed E-state index contributed by atoms with van der Waals surface area (Å²) in [6.07, 6.45) is 1.13. The highest BCUT2D eigenvalue weighted by atomic mass is 32.1. The van der Waals surface area contributed by atoms with Crippen molar-refractivity contribution in [1.29, 1.82) is 0 Å². The summed E-state index contributed by atoms with van der Waals surface area (Å²) in [5.41, 5.74) is 0.953. The van der Waals surface area contributed by atoms with Gasteiger partial charge in [-0.05, 0) is 49.7 Å². The minimum atomic E-state index is -0.181. The lowest BCUT2D eigenvalue weighted by Gasteiger charge is -2.10. The summed E-state index contributed by atoms with van der Waals surface area (Å²) in [5.74, 6) is -0.181. The quantitative estimate of drug-likeness (QED) is 0.830. The first-order valence-corrected chi connectivity index (χ1v) is 7.11. The third-order valence-electron chi connectivity index (χ3n) is 2.86. The summed E-state index contributed by atoms with van der Waals surface area (Å²) in [5, 5.41) is 3.46. The van der Waals surface area contributed by atoms with Crippen LogP contribution in [0, 0.1) is 5.82 Å². The van der Waals surface area contributed by atoms with Crippen LogP contribution in [-0.2, 0) is 0 Å². The van der Waals surface area contributed by atoms with E-state index in [9.17, 15) is 4.39 Å². The molecular formula is C15H18FNS. The number of hydrogen-bond acceptors (Lipinski definition) is 2. The van der Waals surface area contributed by atoms with Gasteiger partial charge in [-0.2, -0.15) is 0 Å². The van der Waals surface area contributed by atoms with Crippen LogP contribution >= 0.6 is 11.3 Å². The predicted molar refractivity (Wildman–Crippen MR) is 76.4 cm³/mol. The molecular weight excluding hydrogens is 245 g/mol. The van der Waals surface area contributed by atoms with Gasteiger partial charge in [-0.15, -0.1) is 11.3 Å². The number of rotatable bonds is 5. The van der Waals surface area contributed by atoms with Gasteiger partial charge in [0.05, 0.1) is 0 Å². The Balaban J connectivity index is 2.15. The van der Waals surface area contributed by atoms with E-state index in [0.29, 0.717) is 6.04 Å². The number of halogens is 1. The van der Waals surface area contributed by atoms with Crippen molar-refractivity contribution < 1.29 is 4.39 Å². The standard InChI is InChI=1S/C15H18FNS/c1-3-9-17-11(2)14-7-8-15(18-14)12-5-4-6-13(16)10-12/h4-8,10-11,17H,3,9H2,1-2H3. The van der Waals surface area contributed by atoms with Crippen molar-refractivity contribution in [3.8, 4) is 10.4 Å². The summed E-state index contributed by atoms with van der Waals surface area (Å²) >= 11 is 1.72. The van der Waals surface area contributed by atoms with Crippen LogP contribution in [0.4, 0.5) is 4.39 Å². The molecule has 0 aliphatic carbocycles. The number of hydrogen-bond donors (Lipinski definition) is 1. The number of nitrogens with one attached hydrogen (secondary N) is 1. The van der Waals surface area contributed by atoms with Crippen molar-refractivity contribution in [1.82, 2.24) is 5.32 Å². The molecule has 0 spiro atoms. The Morgan fingerprint density at radius 2 is 2.11 bits per heavy atom. The lowest BCUT2D eigenvalue weighted by Crippen LogP contribution is -2.18. The van der Waals surface area contributed by atoms with Gasteiger partial charge in [-0.3, -0.25) is 0 Å². The maximum Gasteiger partial charge on any atom is 0.123 e. The van der Waals surface area contributed by atoms with Crippen molar-refractivity contribution in [3.05, 3.63) is 47.1 Å². The molecule has 1 N–H and O–H groups in total. The predicted octanol–water partition coefficient (Wildman–Crippen LogP) is 4.61. The molecule has 0 fully saturated rings. The molecule has 1 unspecified atom stereocenters. The molecule has 1 aromatic carbocycles. The molecule has 3 heteroatoms. The van der Waals surface area contributed by atoms with Crippen molar-refractivity contribution >= 4 is 11.3 Å². The van der Waals surface area contributed by atoms with Crippen LogP contribution in [0.15, 0.2) is 36.4 Å². The summed E-state index contributed by atoms with van der Waals surface area (Å²) in [7, 11) is 0. The molecule has 18 heavy (non-hydrogen) atoms. The van der Waals surface area contributed by atoms with Gasteiger partial charge < -0.3 is 5.32 Å². The van der Waals surface area contributed by atoms with Crippen LogP contribution in [0.3, 0.4) is 0 Å². The van der Waals surface area contributed by atoms with Crippen molar-refractivity contribution in [2.45, 2.75) is 26.3 Å². The molecule has 0 amide bonds. The van der Waals surface area contributed by atoms with Crippen LogP contribution in [0.25, 0.3) is 10.4 Å². The molecule has 0 aliphatic rings. The van der Waals surface area contributed by atoms with E-state index in [1.807, 2.05) is 6.07 Å². The van der Waals surface area contributed by atoms with Gasteiger partial charge in [-0.1, -0.05) is 19.1 Å². The third kappa shape index (κ3) is 3.18. The minimum absolute atomic E-state index is 0.181. The largest absolute Gasteiger partial charge is 0.309 e. The molecule has 1 atom stereocenters. The van der Waals surface area contributed by atoms with Gasteiger partial charge >= 0.3 is 0 Å². The van der Waals surface area contributed by atoms with Crippen LogP contribution in [0.1, 0.15) is 31.2 Å². The van der Waals surface area contributed by atoms with E-state index in [2.05, 4.69) is 31.3 Å². The highest BCUT2D eigenvalue weighted by Crippen LogP contribution is 2.31. The fraction of sp³-hybridized carbons (Fsp3) is 0.333. The lowest BCUT2D eigenvalue weighted by atomic mass is 10.2. The topological polar surface area (TPSA) is 12.0 Å². The van der Waals surface area contributed by atoms with E-state index >= 15 is 0 Å². The summed E-state index contributed by atoms with van der Waals surface area (Å²) in [6.45, 7) is 5.34. The fourth-order valence-electron chi connectivity index (χ4n) is 1.84. The molecule has 1 heterocycles. The molecule has 1 aromatic heterocycles. The molecule has 0 saturated heterocycles. The molecule has 2 aromatic rings. The average molecular weight is 263 g/mol. The fourth-order valence-corrected chi connectivity index (χ4v) is 2.87. The van der Waals surface area contributed by atoms with Crippen molar-refractivity contribution in [2.75, 3.05) is 6.54 Å². The molecule has 96 valence electrons. The first-order chi connectivity index (χ1) is 8.70. The summed E-state index contributed by atoms with van der Waals surface area (Å²) in [4.78, 5) is 2.41. The van der Waals surface area contributed by atoms with E-state index < -0.39 is 0 Å². The maximum atomic E-state index is 13.2. The Hall–Kier alpha value is -1.19. The molecule has 0 aliphatic heterocycles. The van der Waals surface area contributed by atoms with Gasteiger partial charge in [0, 0.05) is 15.8 Å². The van der Waals surface area contributed by atoms with Gasteiger partial charge in [-0.25, -0.2) is 4.39 Å². The Morgan fingerprint density at radius 1 is 1.28 bits per heavy atom. The van der Waals surface area contributed by atoms with E-state index in [-0.39, 0.29) is 5.82 Å². The van der Waals surface area contributed by atoms with Crippen molar-refractivity contribution in [3.63, 3.8) is 0 Å². The van der Waals surface area contributed by atoms with Gasteiger partial charge in [0.15, 0.2) is 0 Å². The monoisotopic (exact) mass is 263 g/mol. The Labute approximate surface area is 112 Å². The minimum Gasteiger partial charge on any atom is -0.309 e. The van der Waals surface area contributed by atoms with Crippen LogP contribution in [-0.4, -0.2) is 6.54 Å². The van der Waals surface area contributed by atoms with Crippen LogP contribution in [0.5, 0.6) is 0 Å². The van der Waals surface area contributed by atoms with E-state index in [1.54, 1.807) is 23.5 Å². The van der Waals surface area contributed by atoms with Crippen LogP contribution in [0.2, 0.25) is 0 Å². The van der Waals surface area contributed by atoms with Gasteiger partial charge in [0.25, 0.3) is 0 Å². The SMILES string of the molecule is CCCNC(C)c1ccc(-c2cccc(F)c2)s1. The first-order valence-electron chi connectivity index (χ1n) is 6.29. The molecule has 2 rings (SSSR count).